The van der Waals surface area contributed by atoms with Crippen molar-refractivity contribution in [1.82, 2.24) is 9.97 Å². The molecule has 2 aromatic rings. The van der Waals surface area contributed by atoms with E-state index in [9.17, 15) is 0 Å². The summed E-state index contributed by atoms with van der Waals surface area (Å²) in [5, 5.41) is 2.42. The van der Waals surface area contributed by atoms with Crippen LogP contribution in [0.1, 0.15) is 5.56 Å². The van der Waals surface area contributed by atoms with Crippen LogP contribution in [0.5, 0.6) is 0 Å². The monoisotopic (exact) mass is 314 g/mol. The van der Waals surface area contributed by atoms with E-state index in [1.807, 2.05) is 31.3 Å². The largest absolute Gasteiger partial charge is 0.248 e. The Morgan fingerprint density at radius 2 is 2.06 bits per heavy atom. The van der Waals surface area contributed by atoms with Crippen molar-refractivity contribution >= 4 is 39.3 Å². The molecular formula is C11H8BrClN2S. The summed E-state index contributed by atoms with van der Waals surface area (Å²) in [6.45, 7) is 2.01. The van der Waals surface area contributed by atoms with E-state index >= 15 is 0 Å². The highest BCUT2D eigenvalue weighted by atomic mass is 79.9. The third kappa shape index (κ3) is 2.97. The normalized spacial score (nSPS) is 10.4. The molecule has 0 aliphatic rings. The Balaban J connectivity index is 2.23. The molecule has 0 fully saturated rings. The van der Waals surface area contributed by atoms with Crippen LogP contribution >= 0.6 is 39.3 Å². The fourth-order valence-electron chi connectivity index (χ4n) is 1.12. The molecule has 0 unspecified atom stereocenters. The molecule has 2 aromatic heterocycles. The first-order chi connectivity index (χ1) is 7.65. The average molecular weight is 316 g/mol. The number of halogens is 2. The molecule has 0 amide bonds. The van der Waals surface area contributed by atoms with E-state index in [2.05, 4.69) is 25.9 Å². The van der Waals surface area contributed by atoms with Gasteiger partial charge in [-0.1, -0.05) is 11.6 Å². The van der Waals surface area contributed by atoms with E-state index in [-0.39, 0.29) is 0 Å². The number of hydrogen-bond donors (Lipinski definition) is 0. The van der Waals surface area contributed by atoms with Crippen molar-refractivity contribution in [2.45, 2.75) is 17.0 Å². The molecule has 2 rings (SSSR count). The molecule has 0 atom stereocenters. The van der Waals surface area contributed by atoms with Crippen molar-refractivity contribution < 1.29 is 0 Å². The molecule has 82 valence electrons. The van der Waals surface area contributed by atoms with Gasteiger partial charge in [-0.05, 0) is 58.4 Å². The summed E-state index contributed by atoms with van der Waals surface area (Å²) in [6.07, 6.45) is 3.47. The lowest BCUT2D eigenvalue weighted by Crippen LogP contribution is -1.85. The predicted octanol–water partition coefficient (Wildman–Crippen LogP) is 4.35. The smallest absolute Gasteiger partial charge is 0.116 e. The molecule has 0 N–H and O–H groups in total. The molecule has 2 heterocycles. The second-order valence-electron chi connectivity index (χ2n) is 3.22. The molecule has 0 aromatic carbocycles. The number of pyridine rings is 2. The Hall–Kier alpha value is -0.580. The number of nitrogens with zero attached hydrogens (tertiary/aromatic N) is 2. The highest BCUT2D eigenvalue weighted by molar-refractivity contribution is 9.10. The molecule has 16 heavy (non-hydrogen) atoms. The molecule has 0 aliphatic carbocycles. The average Bonchev–Trinajstić information content (AvgIpc) is 2.25. The maximum absolute atomic E-state index is 5.77. The maximum atomic E-state index is 5.77. The van der Waals surface area contributed by atoms with Crippen molar-refractivity contribution in [1.29, 1.82) is 0 Å². The van der Waals surface area contributed by atoms with Gasteiger partial charge in [0.05, 0.1) is 9.50 Å². The van der Waals surface area contributed by atoms with Crippen molar-refractivity contribution in [3.8, 4) is 0 Å². The van der Waals surface area contributed by atoms with E-state index < -0.39 is 0 Å². The Bertz CT molecular complexity index is 502. The first-order valence-corrected chi connectivity index (χ1v) is 6.55. The number of aromatic nitrogens is 2. The summed E-state index contributed by atoms with van der Waals surface area (Å²) in [5.74, 6) is 0. The summed E-state index contributed by atoms with van der Waals surface area (Å²) >= 11 is 10.8. The topological polar surface area (TPSA) is 25.8 Å². The van der Waals surface area contributed by atoms with Gasteiger partial charge in [0.15, 0.2) is 0 Å². The van der Waals surface area contributed by atoms with E-state index in [4.69, 9.17) is 11.6 Å². The standard InChI is InChI=1S/C11H8BrClN2S/c1-7-4-9(12)11(15-5-7)16-10-3-2-8(13)6-14-10/h2-6H,1H3. The zero-order valence-electron chi connectivity index (χ0n) is 8.45. The van der Waals surface area contributed by atoms with Gasteiger partial charge in [0.25, 0.3) is 0 Å². The van der Waals surface area contributed by atoms with Crippen LogP contribution in [0.4, 0.5) is 0 Å². The van der Waals surface area contributed by atoms with Gasteiger partial charge < -0.3 is 0 Å². The number of aryl methyl sites for hydroxylation is 1. The summed E-state index contributed by atoms with van der Waals surface area (Å²) in [5.41, 5.74) is 1.13. The maximum Gasteiger partial charge on any atom is 0.116 e. The third-order valence-corrected chi connectivity index (χ3v) is 3.91. The van der Waals surface area contributed by atoms with Crippen LogP contribution in [0.25, 0.3) is 0 Å². The minimum Gasteiger partial charge on any atom is -0.248 e. The van der Waals surface area contributed by atoms with Crippen molar-refractivity contribution in [3.63, 3.8) is 0 Å². The lowest BCUT2D eigenvalue weighted by atomic mass is 10.3. The third-order valence-electron chi connectivity index (χ3n) is 1.85. The second-order valence-corrected chi connectivity index (χ2v) is 5.52. The van der Waals surface area contributed by atoms with Crippen LogP contribution in [0.2, 0.25) is 5.02 Å². The number of hydrogen-bond acceptors (Lipinski definition) is 3. The van der Waals surface area contributed by atoms with Crippen molar-refractivity contribution in [2.24, 2.45) is 0 Å². The SMILES string of the molecule is Cc1cnc(Sc2ccc(Cl)cn2)c(Br)c1. The lowest BCUT2D eigenvalue weighted by Gasteiger charge is -2.03. The zero-order valence-corrected chi connectivity index (χ0v) is 11.6. The van der Waals surface area contributed by atoms with E-state index in [1.165, 1.54) is 11.8 Å². The first kappa shape index (κ1) is 11.9. The first-order valence-electron chi connectivity index (χ1n) is 4.57. The molecule has 0 saturated heterocycles. The molecule has 0 aliphatic heterocycles. The summed E-state index contributed by atoms with van der Waals surface area (Å²) < 4.78 is 0.981. The lowest BCUT2D eigenvalue weighted by molar-refractivity contribution is 1.06. The molecular weight excluding hydrogens is 308 g/mol. The van der Waals surface area contributed by atoms with E-state index in [1.54, 1.807) is 6.20 Å². The molecule has 0 radical (unpaired) electrons. The van der Waals surface area contributed by atoms with Crippen LogP contribution in [-0.2, 0) is 0 Å². The van der Waals surface area contributed by atoms with Crippen molar-refractivity contribution in [2.75, 3.05) is 0 Å². The van der Waals surface area contributed by atoms with E-state index in [0.29, 0.717) is 5.02 Å². The molecule has 0 bridgehead atoms. The Morgan fingerprint density at radius 3 is 2.69 bits per heavy atom. The van der Waals surface area contributed by atoms with Gasteiger partial charge in [-0.2, -0.15) is 0 Å². The summed E-state index contributed by atoms with van der Waals surface area (Å²) in [7, 11) is 0. The van der Waals surface area contributed by atoms with Gasteiger partial charge in [-0.25, -0.2) is 9.97 Å². The van der Waals surface area contributed by atoms with Gasteiger partial charge in [0.2, 0.25) is 0 Å². The summed E-state index contributed by atoms with van der Waals surface area (Å²) in [6, 6.07) is 5.73. The minimum atomic E-state index is 0.639. The zero-order chi connectivity index (χ0) is 11.5. The van der Waals surface area contributed by atoms with Gasteiger partial charge in [0.1, 0.15) is 10.1 Å². The predicted molar refractivity (Wildman–Crippen MR) is 70.0 cm³/mol. The summed E-state index contributed by atoms with van der Waals surface area (Å²) in [4.78, 5) is 8.55. The highest BCUT2D eigenvalue weighted by Crippen LogP contribution is 2.31. The fourth-order valence-corrected chi connectivity index (χ4v) is 2.64. The molecule has 5 heteroatoms. The number of rotatable bonds is 2. The van der Waals surface area contributed by atoms with Gasteiger partial charge in [-0.3, -0.25) is 0 Å². The van der Waals surface area contributed by atoms with Crippen LogP contribution in [0, 0.1) is 6.92 Å². The Morgan fingerprint density at radius 1 is 1.25 bits per heavy atom. The van der Waals surface area contributed by atoms with Crippen LogP contribution in [0.15, 0.2) is 45.1 Å². The van der Waals surface area contributed by atoms with Crippen LogP contribution in [0.3, 0.4) is 0 Å². The quantitative estimate of drug-likeness (QED) is 0.824. The van der Waals surface area contributed by atoms with Gasteiger partial charge in [0, 0.05) is 12.4 Å². The van der Waals surface area contributed by atoms with Gasteiger partial charge >= 0.3 is 0 Å². The Labute approximate surface area is 112 Å². The van der Waals surface area contributed by atoms with Crippen LogP contribution in [-0.4, -0.2) is 9.97 Å². The fraction of sp³-hybridized carbons (Fsp3) is 0.0909. The van der Waals surface area contributed by atoms with E-state index in [0.717, 1.165) is 20.1 Å². The van der Waals surface area contributed by atoms with Crippen LogP contribution < -0.4 is 0 Å². The minimum absolute atomic E-state index is 0.639. The molecule has 2 nitrogen and oxygen atoms in total. The Kier molecular flexibility index (Phi) is 3.84. The highest BCUT2D eigenvalue weighted by Gasteiger charge is 2.05. The second kappa shape index (κ2) is 5.17. The molecule has 0 saturated carbocycles. The molecule has 0 spiro atoms. The van der Waals surface area contributed by atoms with Crippen molar-refractivity contribution in [3.05, 3.63) is 45.7 Å². The van der Waals surface area contributed by atoms with Gasteiger partial charge in [-0.15, -0.1) is 0 Å².